The van der Waals surface area contributed by atoms with Gasteiger partial charge in [-0.05, 0) is 25.0 Å². The minimum Gasteiger partial charge on any atom is -0.462 e. The van der Waals surface area contributed by atoms with Crippen molar-refractivity contribution >= 4 is 27.9 Å². The van der Waals surface area contributed by atoms with Crippen LogP contribution in [-0.4, -0.2) is 23.9 Å². The lowest BCUT2D eigenvalue weighted by Crippen LogP contribution is -2.11. The van der Waals surface area contributed by atoms with Crippen molar-refractivity contribution in [2.45, 2.75) is 45.4 Å². The number of rotatable bonds is 10. The molecular weight excluding hydrogens is 348 g/mol. The first kappa shape index (κ1) is 18.7. The molecule has 0 aromatic heterocycles. The molecule has 0 unspecified atom stereocenters. The van der Waals surface area contributed by atoms with E-state index in [9.17, 15) is 9.59 Å². The summed E-state index contributed by atoms with van der Waals surface area (Å²) in [5, 5.41) is 1.06. The van der Waals surface area contributed by atoms with Crippen LogP contribution in [0.15, 0.2) is 24.3 Å². The minimum atomic E-state index is -0.455. The van der Waals surface area contributed by atoms with Crippen LogP contribution >= 0.6 is 15.9 Å². The second kappa shape index (κ2) is 11.2. The zero-order valence-corrected chi connectivity index (χ0v) is 14.6. The van der Waals surface area contributed by atoms with Gasteiger partial charge in [0.25, 0.3) is 0 Å². The quantitative estimate of drug-likeness (QED) is 0.263. The van der Waals surface area contributed by atoms with Gasteiger partial charge >= 0.3 is 11.9 Å². The largest absolute Gasteiger partial charge is 0.462 e. The molecule has 0 fully saturated rings. The maximum atomic E-state index is 12.0. The van der Waals surface area contributed by atoms with Gasteiger partial charge in [-0.25, -0.2) is 4.79 Å². The van der Waals surface area contributed by atoms with Gasteiger partial charge < -0.3 is 9.47 Å². The Labute approximate surface area is 140 Å². The summed E-state index contributed by atoms with van der Waals surface area (Å²) in [5.41, 5.74) is 0.287. The number of halogens is 1. The monoisotopic (exact) mass is 370 g/mol. The third-order valence-corrected chi connectivity index (χ3v) is 3.68. The summed E-state index contributed by atoms with van der Waals surface area (Å²) in [6.07, 6.45) is 6.74. The highest BCUT2D eigenvalue weighted by molar-refractivity contribution is 9.09. The van der Waals surface area contributed by atoms with Crippen LogP contribution in [-0.2, 0) is 9.53 Å². The van der Waals surface area contributed by atoms with E-state index in [2.05, 4.69) is 15.9 Å². The van der Waals surface area contributed by atoms with Crippen LogP contribution in [0.3, 0.4) is 0 Å². The molecule has 0 spiro atoms. The maximum Gasteiger partial charge on any atom is 0.341 e. The first-order chi connectivity index (χ1) is 10.6. The van der Waals surface area contributed by atoms with Crippen molar-refractivity contribution in [1.29, 1.82) is 0 Å². The van der Waals surface area contributed by atoms with Crippen molar-refractivity contribution in [3.8, 4) is 5.75 Å². The highest BCUT2D eigenvalue weighted by Crippen LogP contribution is 2.19. The number of para-hydroxylation sites is 1. The molecule has 0 amide bonds. The summed E-state index contributed by atoms with van der Waals surface area (Å²) in [6, 6.07) is 6.61. The highest BCUT2D eigenvalue weighted by atomic mass is 79.9. The molecule has 0 bridgehead atoms. The normalized spacial score (nSPS) is 10.3. The lowest BCUT2D eigenvalue weighted by atomic mass is 10.1. The molecule has 5 heteroatoms. The van der Waals surface area contributed by atoms with E-state index < -0.39 is 11.9 Å². The zero-order chi connectivity index (χ0) is 16.2. The fourth-order valence-electron chi connectivity index (χ4n) is 2.03. The fraction of sp³-hybridized carbons (Fsp3) is 0.529. The molecule has 22 heavy (non-hydrogen) atoms. The third-order valence-electron chi connectivity index (χ3n) is 3.12. The average Bonchev–Trinajstić information content (AvgIpc) is 2.49. The van der Waals surface area contributed by atoms with Crippen LogP contribution < -0.4 is 4.74 Å². The van der Waals surface area contributed by atoms with Crippen molar-refractivity contribution in [2.24, 2.45) is 0 Å². The lowest BCUT2D eigenvalue weighted by molar-refractivity contribution is -0.131. The van der Waals surface area contributed by atoms with Crippen molar-refractivity contribution < 1.29 is 19.1 Å². The Kier molecular flexibility index (Phi) is 9.55. The average molecular weight is 371 g/mol. The Bertz CT molecular complexity index is 473. The number of hydrogen-bond donors (Lipinski definition) is 0. The van der Waals surface area contributed by atoms with Crippen molar-refractivity contribution in [3.05, 3.63) is 29.8 Å². The Hall–Kier alpha value is -1.36. The molecular formula is C17H23BrO4. The molecule has 0 heterocycles. The number of ether oxygens (including phenoxy) is 2. The Morgan fingerprint density at radius 1 is 1.00 bits per heavy atom. The van der Waals surface area contributed by atoms with Gasteiger partial charge in [0.2, 0.25) is 0 Å². The number of benzene rings is 1. The molecule has 1 aromatic rings. The molecule has 0 saturated carbocycles. The van der Waals surface area contributed by atoms with Crippen molar-refractivity contribution in [2.75, 3.05) is 11.9 Å². The van der Waals surface area contributed by atoms with Gasteiger partial charge in [0.15, 0.2) is 0 Å². The number of esters is 2. The van der Waals surface area contributed by atoms with E-state index >= 15 is 0 Å². The second-order valence-corrected chi connectivity index (χ2v) is 5.83. The Morgan fingerprint density at radius 3 is 2.32 bits per heavy atom. The van der Waals surface area contributed by atoms with Crippen LogP contribution in [0.4, 0.5) is 0 Å². The summed E-state index contributed by atoms with van der Waals surface area (Å²) in [7, 11) is 0. The second-order valence-electron chi connectivity index (χ2n) is 5.04. The van der Waals surface area contributed by atoms with Gasteiger partial charge in [0.05, 0.1) is 6.61 Å². The molecule has 1 rings (SSSR count). The van der Waals surface area contributed by atoms with Crippen molar-refractivity contribution in [3.63, 3.8) is 0 Å². The Morgan fingerprint density at radius 2 is 1.64 bits per heavy atom. The summed E-state index contributed by atoms with van der Waals surface area (Å²) >= 11 is 3.41. The number of hydrogen-bond acceptors (Lipinski definition) is 4. The van der Waals surface area contributed by atoms with Gasteiger partial charge in [-0.15, -0.1) is 0 Å². The smallest absolute Gasteiger partial charge is 0.341 e. The summed E-state index contributed by atoms with van der Waals surface area (Å²) in [5.74, 6) is -0.658. The molecule has 0 N–H and O–H groups in total. The van der Waals surface area contributed by atoms with E-state index in [1.54, 1.807) is 24.3 Å². The third kappa shape index (κ3) is 7.59. The van der Waals surface area contributed by atoms with Crippen molar-refractivity contribution in [1.82, 2.24) is 0 Å². The molecule has 0 radical (unpaired) electrons. The molecule has 0 atom stereocenters. The minimum absolute atomic E-state index is 0.245. The van der Waals surface area contributed by atoms with Gasteiger partial charge in [0, 0.05) is 12.3 Å². The SMILES string of the molecule is CC(=O)Oc1ccccc1C(=O)OCCCCCCCCBr. The topological polar surface area (TPSA) is 52.6 Å². The molecule has 122 valence electrons. The molecule has 1 aromatic carbocycles. The van der Waals surface area contributed by atoms with Gasteiger partial charge in [-0.3, -0.25) is 4.79 Å². The van der Waals surface area contributed by atoms with E-state index in [1.165, 1.54) is 26.2 Å². The molecule has 0 aliphatic rings. The van der Waals surface area contributed by atoms with Gasteiger partial charge in [-0.2, -0.15) is 0 Å². The molecule has 4 nitrogen and oxygen atoms in total. The highest BCUT2D eigenvalue weighted by Gasteiger charge is 2.14. The predicted octanol–water partition coefficient (Wildman–Crippen LogP) is 4.50. The first-order valence-electron chi connectivity index (χ1n) is 7.65. The van der Waals surface area contributed by atoms with E-state index in [-0.39, 0.29) is 11.3 Å². The fourth-order valence-corrected chi connectivity index (χ4v) is 2.42. The van der Waals surface area contributed by atoms with Crippen LogP contribution in [0.1, 0.15) is 55.8 Å². The summed E-state index contributed by atoms with van der Waals surface area (Å²) in [4.78, 5) is 23.0. The number of alkyl halides is 1. The molecule has 0 saturated heterocycles. The lowest BCUT2D eigenvalue weighted by Gasteiger charge is -2.09. The first-order valence-corrected chi connectivity index (χ1v) is 8.78. The standard InChI is InChI=1S/C17H23BrO4/c1-14(19)22-16-11-7-6-10-15(16)17(20)21-13-9-5-3-2-4-8-12-18/h6-7,10-11H,2-5,8-9,12-13H2,1H3. The van der Waals surface area contributed by atoms with Crippen LogP contribution in [0.2, 0.25) is 0 Å². The number of carbonyl (C=O) groups is 2. The maximum absolute atomic E-state index is 12.0. The molecule has 0 aliphatic carbocycles. The van der Waals surface area contributed by atoms with Crippen LogP contribution in [0.5, 0.6) is 5.75 Å². The number of unbranched alkanes of at least 4 members (excludes halogenated alkanes) is 5. The van der Waals surface area contributed by atoms with E-state index in [0.717, 1.165) is 24.6 Å². The van der Waals surface area contributed by atoms with E-state index in [0.29, 0.717) is 6.61 Å². The van der Waals surface area contributed by atoms with E-state index in [4.69, 9.17) is 9.47 Å². The predicted molar refractivity (Wildman–Crippen MR) is 89.5 cm³/mol. The molecule has 0 aliphatic heterocycles. The number of carbonyl (C=O) groups excluding carboxylic acids is 2. The summed E-state index contributed by atoms with van der Waals surface area (Å²) in [6.45, 7) is 1.70. The van der Waals surface area contributed by atoms with Gasteiger partial charge in [-0.1, -0.05) is 53.7 Å². The zero-order valence-electron chi connectivity index (χ0n) is 13.0. The van der Waals surface area contributed by atoms with Crippen LogP contribution in [0.25, 0.3) is 0 Å². The summed E-state index contributed by atoms with van der Waals surface area (Å²) < 4.78 is 10.2. The van der Waals surface area contributed by atoms with Crippen LogP contribution in [0, 0.1) is 0 Å². The van der Waals surface area contributed by atoms with E-state index in [1.807, 2.05) is 0 Å². The van der Waals surface area contributed by atoms with Gasteiger partial charge in [0.1, 0.15) is 11.3 Å². The Balaban J connectivity index is 2.29.